The Balaban J connectivity index is 2.15. The van der Waals surface area contributed by atoms with Crippen LogP contribution in [0.1, 0.15) is 11.1 Å². The average molecular weight is 389 g/mol. The molecule has 0 fully saturated rings. The molecular weight excluding hydrogens is 368 g/mol. The van der Waals surface area contributed by atoms with Gasteiger partial charge in [-0.05, 0) is 35.4 Å². The summed E-state index contributed by atoms with van der Waals surface area (Å²) in [5.41, 5.74) is 2.00. The van der Waals surface area contributed by atoms with Gasteiger partial charge in [-0.15, -0.1) is 0 Å². The van der Waals surface area contributed by atoms with Crippen LogP contribution in [0.25, 0.3) is 6.08 Å². The molecule has 2 rings (SSSR count). The minimum Gasteiger partial charge on any atom is -0.493 e. The predicted octanol–water partition coefficient (Wildman–Crippen LogP) is 3.30. The molecule has 2 aromatic carbocycles. The molecule has 0 unspecified atom stereocenters. The second kappa shape index (κ2) is 9.64. The third-order valence-corrected chi connectivity index (χ3v) is 4.07. The van der Waals surface area contributed by atoms with E-state index in [0.717, 1.165) is 5.56 Å². The molecule has 2 amide bonds. The number of rotatable bonds is 7. The Morgan fingerprint density at radius 3 is 2.56 bits per heavy atom. The largest absolute Gasteiger partial charge is 0.493 e. The fourth-order valence-electron chi connectivity index (χ4n) is 2.44. The lowest BCUT2D eigenvalue weighted by atomic mass is 10.1. The number of benzene rings is 2. The van der Waals surface area contributed by atoms with Gasteiger partial charge >= 0.3 is 0 Å². The zero-order chi connectivity index (χ0) is 19.8. The van der Waals surface area contributed by atoms with Crippen molar-refractivity contribution in [2.45, 2.75) is 6.42 Å². The number of carbonyl (C=O) groups excluding carboxylic acids is 2. The van der Waals surface area contributed by atoms with Gasteiger partial charge in [-0.3, -0.25) is 9.59 Å². The van der Waals surface area contributed by atoms with E-state index in [1.54, 1.807) is 43.5 Å². The van der Waals surface area contributed by atoms with E-state index in [0.29, 0.717) is 27.8 Å². The summed E-state index contributed by atoms with van der Waals surface area (Å²) in [6.45, 7) is 0. The standard InChI is InChI=1S/C20H21ClN2O4/c1-22-19(25)12-14-6-4-5-7-16(14)23-18(24)9-8-13-10-15(21)20(27-3)17(11-13)26-2/h4-11H,12H2,1-3H3,(H,22,25)(H,23,24). The normalized spacial score (nSPS) is 10.5. The fraction of sp³-hybridized carbons (Fsp3) is 0.200. The molecule has 142 valence electrons. The fourth-order valence-corrected chi connectivity index (χ4v) is 2.73. The van der Waals surface area contributed by atoms with Crippen LogP contribution in [0.5, 0.6) is 11.5 Å². The molecule has 0 aliphatic rings. The van der Waals surface area contributed by atoms with Crippen LogP contribution in [-0.4, -0.2) is 33.1 Å². The zero-order valence-electron chi connectivity index (χ0n) is 15.3. The molecule has 0 bridgehead atoms. The van der Waals surface area contributed by atoms with Crippen LogP contribution < -0.4 is 20.1 Å². The summed E-state index contributed by atoms with van der Waals surface area (Å²) >= 11 is 6.16. The second-order valence-corrected chi connectivity index (χ2v) is 5.98. The van der Waals surface area contributed by atoms with Gasteiger partial charge < -0.3 is 20.1 Å². The van der Waals surface area contributed by atoms with E-state index in [9.17, 15) is 9.59 Å². The number of likely N-dealkylation sites (N-methyl/N-ethyl adjacent to an activating group) is 1. The predicted molar refractivity (Wildman–Crippen MR) is 106 cm³/mol. The lowest BCUT2D eigenvalue weighted by Crippen LogP contribution is -2.21. The molecule has 0 heterocycles. The third kappa shape index (κ3) is 5.49. The summed E-state index contributed by atoms with van der Waals surface area (Å²) in [4.78, 5) is 23.9. The molecule has 0 aromatic heterocycles. The number of para-hydroxylation sites is 1. The highest BCUT2D eigenvalue weighted by molar-refractivity contribution is 6.32. The van der Waals surface area contributed by atoms with E-state index in [4.69, 9.17) is 21.1 Å². The number of ether oxygens (including phenoxy) is 2. The van der Waals surface area contributed by atoms with Crippen LogP contribution in [-0.2, 0) is 16.0 Å². The van der Waals surface area contributed by atoms with Gasteiger partial charge in [-0.2, -0.15) is 0 Å². The maximum Gasteiger partial charge on any atom is 0.248 e. The van der Waals surface area contributed by atoms with Gasteiger partial charge in [0.15, 0.2) is 11.5 Å². The number of amides is 2. The van der Waals surface area contributed by atoms with Crippen LogP contribution in [0.4, 0.5) is 5.69 Å². The van der Waals surface area contributed by atoms with Crippen LogP contribution in [0.15, 0.2) is 42.5 Å². The summed E-state index contributed by atoms with van der Waals surface area (Å²) < 4.78 is 10.4. The molecule has 27 heavy (non-hydrogen) atoms. The lowest BCUT2D eigenvalue weighted by Gasteiger charge is -2.10. The molecule has 2 aromatic rings. The van der Waals surface area contributed by atoms with E-state index in [1.807, 2.05) is 6.07 Å². The van der Waals surface area contributed by atoms with Gasteiger partial charge in [0, 0.05) is 18.8 Å². The Labute approximate surface area is 163 Å². The number of halogens is 1. The summed E-state index contributed by atoms with van der Waals surface area (Å²) in [7, 11) is 4.58. The number of anilines is 1. The summed E-state index contributed by atoms with van der Waals surface area (Å²) in [6.07, 6.45) is 3.18. The van der Waals surface area contributed by atoms with E-state index < -0.39 is 0 Å². The monoisotopic (exact) mass is 388 g/mol. The van der Waals surface area contributed by atoms with Crippen molar-refractivity contribution in [2.24, 2.45) is 0 Å². The maximum absolute atomic E-state index is 12.3. The number of nitrogens with one attached hydrogen (secondary N) is 2. The van der Waals surface area contributed by atoms with Gasteiger partial charge in [0.05, 0.1) is 25.7 Å². The summed E-state index contributed by atoms with van der Waals surface area (Å²) in [6, 6.07) is 10.5. The van der Waals surface area contributed by atoms with Gasteiger partial charge in [-0.25, -0.2) is 0 Å². The van der Waals surface area contributed by atoms with E-state index >= 15 is 0 Å². The SMILES string of the molecule is CNC(=O)Cc1ccccc1NC(=O)C=Cc1cc(Cl)c(OC)c(OC)c1. The smallest absolute Gasteiger partial charge is 0.248 e. The first-order valence-electron chi connectivity index (χ1n) is 8.17. The first kappa shape index (κ1) is 20.3. The first-order chi connectivity index (χ1) is 13.0. The Hall–Kier alpha value is -2.99. The topological polar surface area (TPSA) is 76.7 Å². The van der Waals surface area contributed by atoms with Crippen LogP contribution in [0.2, 0.25) is 5.02 Å². The molecule has 2 N–H and O–H groups in total. The van der Waals surface area contributed by atoms with Gasteiger partial charge in [0.25, 0.3) is 0 Å². The molecule has 0 spiro atoms. The van der Waals surface area contributed by atoms with Crippen molar-refractivity contribution in [3.8, 4) is 11.5 Å². The molecule has 0 saturated carbocycles. The number of methoxy groups -OCH3 is 2. The molecule has 7 heteroatoms. The van der Waals surface area contributed by atoms with Crippen molar-refractivity contribution in [3.05, 3.63) is 58.6 Å². The highest BCUT2D eigenvalue weighted by Crippen LogP contribution is 2.36. The van der Waals surface area contributed by atoms with Gasteiger partial charge in [-0.1, -0.05) is 29.8 Å². The highest BCUT2D eigenvalue weighted by Gasteiger charge is 2.11. The van der Waals surface area contributed by atoms with Crippen molar-refractivity contribution in [1.29, 1.82) is 0 Å². The lowest BCUT2D eigenvalue weighted by molar-refractivity contribution is -0.120. The minimum absolute atomic E-state index is 0.132. The van der Waals surface area contributed by atoms with Crippen LogP contribution >= 0.6 is 11.6 Å². The molecule has 6 nitrogen and oxygen atoms in total. The first-order valence-corrected chi connectivity index (χ1v) is 8.55. The summed E-state index contributed by atoms with van der Waals surface area (Å²) in [5.74, 6) is 0.447. The number of hydrogen-bond acceptors (Lipinski definition) is 4. The minimum atomic E-state index is -0.328. The van der Waals surface area contributed by atoms with E-state index in [-0.39, 0.29) is 18.2 Å². The van der Waals surface area contributed by atoms with Crippen molar-refractivity contribution < 1.29 is 19.1 Å². The third-order valence-electron chi connectivity index (χ3n) is 3.79. The van der Waals surface area contributed by atoms with Crippen molar-refractivity contribution in [3.63, 3.8) is 0 Å². The Bertz CT molecular complexity index is 865. The number of carbonyl (C=O) groups is 2. The van der Waals surface area contributed by atoms with Gasteiger partial charge in [0.1, 0.15) is 0 Å². The van der Waals surface area contributed by atoms with Crippen molar-refractivity contribution in [2.75, 3.05) is 26.6 Å². The molecular formula is C20H21ClN2O4. The average Bonchev–Trinajstić information content (AvgIpc) is 2.67. The van der Waals surface area contributed by atoms with Crippen molar-refractivity contribution in [1.82, 2.24) is 5.32 Å². The van der Waals surface area contributed by atoms with Crippen molar-refractivity contribution >= 4 is 35.2 Å². The molecule has 0 atom stereocenters. The molecule has 0 radical (unpaired) electrons. The Morgan fingerprint density at radius 2 is 1.89 bits per heavy atom. The van der Waals surface area contributed by atoms with Gasteiger partial charge in [0.2, 0.25) is 11.8 Å². The van der Waals surface area contributed by atoms with Crippen LogP contribution in [0, 0.1) is 0 Å². The highest BCUT2D eigenvalue weighted by atomic mass is 35.5. The Kier molecular flexibility index (Phi) is 7.25. The summed E-state index contributed by atoms with van der Waals surface area (Å²) in [5, 5.41) is 5.73. The molecule has 0 saturated heterocycles. The quantitative estimate of drug-likeness (QED) is 0.713. The number of hydrogen-bond donors (Lipinski definition) is 2. The molecule has 0 aliphatic heterocycles. The zero-order valence-corrected chi connectivity index (χ0v) is 16.1. The molecule has 0 aliphatic carbocycles. The van der Waals surface area contributed by atoms with E-state index in [2.05, 4.69) is 10.6 Å². The second-order valence-electron chi connectivity index (χ2n) is 5.57. The Morgan fingerprint density at radius 1 is 1.15 bits per heavy atom. The van der Waals surface area contributed by atoms with E-state index in [1.165, 1.54) is 20.3 Å². The van der Waals surface area contributed by atoms with Crippen LogP contribution in [0.3, 0.4) is 0 Å². The maximum atomic E-state index is 12.3.